The van der Waals surface area contributed by atoms with Crippen molar-refractivity contribution in [3.63, 3.8) is 0 Å². The summed E-state index contributed by atoms with van der Waals surface area (Å²) < 4.78 is 15.0. The second kappa shape index (κ2) is 7.55. The van der Waals surface area contributed by atoms with Crippen LogP contribution in [0.3, 0.4) is 0 Å². The van der Waals surface area contributed by atoms with E-state index >= 15 is 0 Å². The van der Waals surface area contributed by atoms with Crippen molar-refractivity contribution in [1.82, 2.24) is 9.55 Å². The van der Waals surface area contributed by atoms with Gasteiger partial charge >= 0.3 is 0 Å². The van der Waals surface area contributed by atoms with E-state index in [1.54, 1.807) is 0 Å². The number of amides is 2. The Morgan fingerprint density at radius 1 is 1.07 bits per heavy atom. The lowest BCUT2D eigenvalue weighted by Crippen LogP contribution is -2.41. The van der Waals surface area contributed by atoms with Crippen LogP contribution in [0.15, 0.2) is 48.5 Å². The molecular formula is C23H23FN4O2. The molecule has 6 nitrogen and oxygen atoms in total. The lowest BCUT2D eigenvalue weighted by molar-refractivity contribution is -0.125. The summed E-state index contributed by atoms with van der Waals surface area (Å²) in [7, 11) is 0. The van der Waals surface area contributed by atoms with E-state index in [0.29, 0.717) is 11.6 Å². The highest BCUT2D eigenvalue weighted by molar-refractivity contribution is 6.05. The van der Waals surface area contributed by atoms with E-state index in [1.165, 1.54) is 30.7 Å². The van der Waals surface area contributed by atoms with Crippen molar-refractivity contribution in [2.45, 2.75) is 50.6 Å². The van der Waals surface area contributed by atoms with Gasteiger partial charge in [-0.25, -0.2) is 9.37 Å². The molecule has 154 valence electrons. The zero-order chi connectivity index (χ0) is 20.7. The topological polar surface area (TPSA) is 67.2 Å². The first-order valence-corrected chi connectivity index (χ1v) is 10.5. The van der Waals surface area contributed by atoms with Crippen molar-refractivity contribution in [3.05, 3.63) is 54.3 Å². The molecule has 3 aromatic rings. The zero-order valence-electron chi connectivity index (χ0n) is 16.6. The number of benzene rings is 2. The van der Waals surface area contributed by atoms with E-state index in [-0.39, 0.29) is 30.1 Å². The number of nitrogens with zero attached hydrogens (tertiary/aromatic N) is 3. The third-order valence-electron chi connectivity index (χ3n) is 6.07. The molecule has 2 aliphatic rings. The van der Waals surface area contributed by atoms with Crippen LogP contribution in [0.25, 0.3) is 11.0 Å². The molecule has 2 amide bonds. The highest BCUT2D eigenvalue weighted by atomic mass is 19.1. The minimum atomic E-state index is -0.630. The van der Waals surface area contributed by atoms with Gasteiger partial charge in [-0.1, -0.05) is 31.4 Å². The Morgan fingerprint density at radius 2 is 1.80 bits per heavy atom. The molecule has 1 aromatic heterocycles. The normalized spacial score (nSPS) is 19.3. The van der Waals surface area contributed by atoms with E-state index in [0.717, 1.165) is 36.7 Å². The fourth-order valence-electron chi connectivity index (χ4n) is 4.66. The number of para-hydroxylation sites is 2. The lowest BCUT2D eigenvalue weighted by Gasteiger charge is -2.30. The fraction of sp³-hybridized carbons (Fsp3) is 0.348. The molecule has 1 aliphatic carbocycles. The standard InChI is InChI=1S/C23H23FN4O2/c24-15-10-12-16(13-11-15)25-21(29)14-20-22(30)27(17-6-2-1-3-7-17)23-26-18-8-4-5-9-19(18)28(20)23/h4-5,8-13,17,20H,1-3,6-7,14H2,(H,25,29)/t20-/m1/s1. The summed E-state index contributed by atoms with van der Waals surface area (Å²) in [6.07, 6.45) is 5.33. The molecule has 30 heavy (non-hydrogen) atoms. The predicted molar refractivity (Wildman–Crippen MR) is 113 cm³/mol. The van der Waals surface area contributed by atoms with Crippen LogP contribution in [0.5, 0.6) is 0 Å². The summed E-state index contributed by atoms with van der Waals surface area (Å²) in [6, 6.07) is 12.8. The highest BCUT2D eigenvalue weighted by Gasteiger charge is 2.44. The van der Waals surface area contributed by atoms with Crippen LogP contribution >= 0.6 is 0 Å². The quantitative estimate of drug-likeness (QED) is 0.697. The van der Waals surface area contributed by atoms with E-state index < -0.39 is 6.04 Å². The molecular weight excluding hydrogens is 383 g/mol. The third kappa shape index (κ3) is 3.24. The Kier molecular flexibility index (Phi) is 4.73. The van der Waals surface area contributed by atoms with Crippen molar-refractivity contribution in [1.29, 1.82) is 0 Å². The molecule has 1 saturated carbocycles. The molecule has 0 radical (unpaired) electrons. The maximum Gasteiger partial charge on any atom is 0.253 e. The van der Waals surface area contributed by atoms with Gasteiger partial charge in [0.2, 0.25) is 11.9 Å². The molecule has 1 fully saturated rings. The lowest BCUT2D eigenvalue weighted by atomic mass is 9.94. The molecule has 5 rings (SSSR count). The molecule has 2 aromatic carbocycles. The van der Waals surface area contributed by atoms with Crippen LogP contribution in [0, 0.1) is 5.82 Å². The van der Waals surface area contributed by atoms with Crippen LogP contribution in [-0.2, 0) is 9.59 Å². The molecule has 0 spiro atoms. The minimum Gasteiger partial charge on any atom is -0.326 e. The van der Waals surface area contributed by atoms with E-state index in [1.807, 2.05) is 33.7 Å². The van der Waals surface area contributed by atoms with Crippen molar-refractivity contribution >= 4 is 34.5 Å². The van der Waals surface area contributed by atoms with E-state index in [4.69, 9.17) is 4.98 Å². The van der Waals surface area contributed by atoms with Gasteiger partial charge in [0.25, 0.3) is 5.91 Å². The minimum absolute atomic E-state index is 0.00673. The maximum atomic E-state index is 13.4. The molecule has 0 unspecified atom stereocenters. The first-order valence-electron chi connectivity index (χ1n) is 10.5. The van der Waals surface area contributed by atoms with Crippen molar-refractivity contribution in [2.24, 2.45) is 0 Å². The molecule has 1 aliphatic heterocycles. The number of hydrogen-bond donors (Lipinski definition) is 1. The van der Waals surface area contributed by atoms with Crippen LogP contribution in [0.2, 0.25) is 0 Å². The summed E-state index contributed by atoms with van der Waals surface area (Å²) in [5, 5.41) is 2.77. The number of rotatable bonds is 4. The summed E-state index contributed by atoms with van der Waals surface area (Å²) in [6.45, 7) is 0. The summed E-state index contributed by atoms with van der Waals surface area (Å²) >= 11 is 0. The number of carbonyl (C=O) groups excluding carboxylic acids is 2. The number of nitrogens with one attached hydrogen (secondary N) is 1. The second-order valence-electron chi connectivity index (χ2n) is 8.05. The summed E-state index contributed by atoms with van der Waals surface area (Å²) in [5.41, 5.74) is 2.19. The summed E-state index contributed by atoms with van der Waals surface area (Å²) in [5.74, 6) is -0.0668. The van der Waals surface area contributed by atoms with Gasteiger partial charge in [0.05, 0.1) is 17.5 Å². The van der Waals surface area contributed by atoms with Gasteiger partial charge in [0.15, 0.2) is 0 Å². The Labute approximate surface area is 173 Å². The van der Waals surface area contributed by atoms with Crippen LogP contribution in [-0.4, -0.2) is 27.4 Å². The Morgan fingerprint density at radius 3 is 2.57 bits per heavy atom. The Bertz CT molecular complexity index is 1100. The largest absolute Gasteiger partial charge is 0.326 e. The molecule has 7 heteroatoms. The molecule has 0 bridgehead atoms. The molecule has 1 N–H and O–H groups in total. The van der Waals surface area contributed by atoms with Gasteiger partial charge in [-0.05, 0) is 49.2 Å². The van der Waals surface area contributed by atoms with Gasteiger partial charge < -0.3 is 5.32 Å². The zero-order valence-corrected chi connectivity index (χ0v) is 16.6. The Balaban J connectivity index is 1.46. The fourth-order valence-corrected chi connectivity index (χ4v) is 4.66. The van der Waals surface area contributed by atoms with Crippen LogP contribution in [0.4, 0.5) is 16.0 Å². The van der Waals surface area contributed by atoms with Crippen LogP contribution in [0.1, 0.15) is 44.6 Å². The highest BCUT2D eigenvalue weighted by Crippen LogP contribution is 2.40. The van der Waals surface area contributed by atoms with E-state index in [9.17, 15) is 14.0 Å². The number of anilines is 2. The van der Waals surface area contributed by atoms with Gasteiger partial charge in [-0.2, -0.15) is 0 Å². The number of imidazole rings is 1. The number of halogens is 1. The monoisotopic (exact) mass is 406 g/mol. The average Bonchev–Trinajstić information content (AvgIpc) is 3.25. The van der Waals surface area contributed by atoms with Gasteiger partial charge in [-0.15, -0.1) is 0 Å². The first kappa shape index (κ1) is 18.8. The Hall–Kier alpha value is -3.22. The number of carbonyl (C=O) groups is 2. The smallest absolute Gasteiger partial charge is 0.253 e. The summed E-state index contributed by atoms with van der Waals surface area (Å²) in [4.78, 5) is 32.7. The SMILES string of the molecule is O=C(C[C@@H]1C(=O)N(C2CCCCC2)c2nc3ccccc3n21)Nc1ccc(F)cc1. The number of aromatic nitrogens is 2. The van der Waals surface area contributed by atoms with Crippen molar-refractivity contribution < 1.29 is 14.0 Å². The van der Waals surface area contributed by atoms with Gasteiger partial charge in [0, 0.05) is 11.7 Å². The third-order valence-corrected chi connectivity index (χ3v) is 6.07. The van der Waals surface area contributed by atoms with Crippen molar-refractivity contribution in [2.75, 3.05) is 10.2 Å². The average molecular weight is 406 g/mol. The first-order chi connectivity index (χ1) is 14.6. The maximum absolute atomic E-state index is 13.4. The predicted octanol–water partition coefficient (Wildman–Crippen LogP) is 4.42. The molecule has 2 heterocycles. The number of fused-ring (bicyclic) bond motifs is 3. The van der Waals surface area contributed by atoms with Crippen LogP contribution < -0.4 is 10.2 Å². The molecule has 0 saturated heterocycles. The van der Waals surface area contributed by atoms with Crippen molar-refractivity contribution in [3.8, 4) is 0 Å². The second-order valence-corrected chi connectivity index (χ2v) is 8.05. The van der Waals surface area contributed by atoms with E-state index in [2.05, 4.69) is 5.32 Å². The van der Waals surface area contributed by atoms with Gasteiger partial charge in [0.1, 0.15) is 11.9 Å². The molecule has 1 atom stereocenters. The number of hydrogen-bond acceptors (Lipinski definition) is 3. The van der Waals surface area contributed by atoms with Gasteiger partial charge in [-0.3, -0.25) is 19.1 Å².